The number of hydrogen-bond acceptors (Lipinski definition) is 4. The van der Waals surface area contributed by atoms with Crippen molar-refractivity contribution >= 4 is 28.4 Å². The summed E-state index contributed by atoms with van der Waals surface area (Å²) in [6.07, 6.45) is 1.40. The van der Waals surface area contributed by atoms with Crippen LogP contribution < -0.4 is 4.74 Å². The maximum Gasteiger partial charge on any atom is 0.406 e. The van der Waals surface area contributed by atoms with E-state index in [1.165, 1.54) is 24.4 Å². The van der Waals surface area contributed by atoms with E-state index in [-0.39, 0.29) is 17.4 Å². The number of hydrogen-bond donors (Lipinski definition) is 0. The molecule has 21 heavy (non-hydrogen) atoms. The molecule has 0 spiro atoms. The van der Waals surface area contributed by atoms with E-state index in [1.54, 1.807) is 12.1 Å². The van der Waals surface area contributed by atoms with Crippen molar-refractivity contribution < 1.29 is 14.1 Å². The molecule has 5 nitrogen and oxygen atoms in total. The Morgan fingerprint density at radius 3 is 2.90 bits per heavy atom. The molecule has 1 atom stereocenters. The highest BCUT2D eigenvalue weighted by molar-refractivity contribution is 14.1. The molecule has 0 N–H and O–H groups in total. The molecule has 0 aliphatic heterocycles. The Labute approximate surface area is 134 Å². The molecule has 0 fully saturated rings. The predicted molar refractivity (Wildman–Crippen MR) is 83.7 cm³/mol. The number of halogens is 2. The maximum atomic E-state index is 13.4. The zero-order valence-electron chi connectivity index (χ0n) is 11.1. The number of rotatable bonds is 5. The highest BCUT2D eigenvalue weighted by Gasteiger charge is 2.21. The van der Waals surface area contributed by atoms with Gasteiger partial charge in [-0.2, -0.15) is 0 Å². The fourth-order valence-corrected chi connectivity index (χ4v) is 2.58. The van der Waals surface area contributed by atoms with Crippen LogP contribution in [-0.2, 0) is 0 Å². The number of benzene rings is 1. The van der Waals surface area contributed by atoms with E-state index < -0.39 is 11.0 Å². The molecule has 0 saturated carbocycles. The van der Waals surface area contributed by atoms with Gasteiger partial charge in [0.25, 0.3) is 0 Å². The first kappa shape index (κ1) is 15.6. The van der Waals surface area contributed by atoms with Crippen molar-refractivity contribution in [3.05, 3.63) is 61.6 Å². The molecule has 7 heteroatoms. The molecule has 2 rings (SSSR count). The van der Waals surface area contributed by atoms with Crippen molar-refractivity contribution in [2.24, 2.45) is 0 Å². The molecule has 0 aliphatic rings. The summed E-state index contributed by atoms with van der Waals surface area (Å²) in [7, 11) is 0. The summed E-state index contributed by atoms with van der Waals surface area (Å²) in [6.45, 7) is 1.87. The highest BCUT2D eigenvalue weighted by atomic mass is 127. The van der Waals surface area contributed by atoms with Crippen LogP contribution in [0.1, 0.15) is 25.0 Å². The van der Waals surface area contributed by atoms with Gasteiger partial charge in [0.2, 0.25) is 5.75 Å². The first-order valence-corrected chi connectivity index (χ1v) is 7.31. The Bertz CT molecular complexity index is 666. The Morgan fingerprint density at radius 2 is 2.24 bits per heavy atom. The molecule has 0 radical (unpaired) electrons. The number of aromatic nitrogens is 1. The lowest BCUT2D eigenvalue weighted by Crippen LogP contribution is -2.10. The van der Waals surface area contributed by atoms with E-state index in [2.05, 4.69) is 27.6 Å². The van der Waals surface area contributed by atoms with Gasteiger partial charge >= 0.3 is 5.82 Å². The molecule has 0 aliphatic carbocycles. The van der Waals surface area contributed by atoms with Gasteiger partial charge in [-0.25, -0.2) is 4.39 Å². The lowest BCUT2D eigenvalue weighted by molar-refractivity contribution is -0.390. The molecule has 1 aromatic carbocycles. The Kier molecular flexibility index (Phi) is 5.05. The third kappa shape index (κ3) is 3.66. The van der Waals surface area contributed by atoms with Crippen LogP contribution in [0, 0.1) is 19.5 Å². The minimum absolute atomic E-state index is 0.0782. The van der Waals surface area contributed by atoms with Crippen molar-refractivity contribution in [1.82, 2.24) is 4.98 Å². The van der Waals surface area contributed by atoms with Gasteiger partial charge in [-0.15, -0.1) is 0 Å². The normalized spacial score (nSPS) is 12.0. The largest absolute Gasteiger partial charge is 0.477 e. The van der Waals surface area contributed by atoms with Crippen LogP contribution in [-0.4, -0.2) is 9.91 Å². The van der Waals surface area contributed by atoms with Crippen LogP contribution in [0.3, 0.4) is 0 Å². The topological polar surface area (TPSA) is 65.3 Å². The van der Waals surface area contributed by atoms with Gasteiger partial charge in [-0.05, 0) is 69.3 Å². The maximum absolute atomic E-state index is 13.4. The molecule has 0 unspecified atom stereocenters. The molecular weight excluding hydrogens is 390 g/mol. The zero-order chi connectivity index (χ0) is 15.4. The van der Waals surface area contributed by atoms with Gasteiger partial charge in [-0.1, -0.05) is 6.92 Å². The van der Waals surface area contributed by atoms with E-state index in [1.807, 2.05) is 6.92 Å². The molecule has 0 bridgehead atoms. The van der Waals surface area contributed by atoms with Crippen LogP contribution in [0.15, 0.2) is 36.5 Å². The van der Waals surface area contributed by atoms with Crippen LogP contribution in [0.25, 0.3) is 0 Å². The van der Waals surface area contributed by atoms with Gasteiger partial charge in [-0.3, -0.25) is 0 Å². The van der Waals surface area contributed by atoms with Gasteiger partial charge in [0.15, 0.2) is 0 Å². The van der Waals surface area contributed by atoms with E-state index in [4.69, 9.17) is 4.74 Å². The van der Waals surface area contributed by atoms with E-state index in [0.29, 0.717) is 12.0 Å². The average molecular weight is 402 g/mol. The number of nitro groups is 1. The lowest BCUT2D eigenvalue weighted by Gasteiger charge is -2.19. The van der Waals surface area contributed by atoms with Gasteiger partial charge in [0.1, 0.15) is 18.1 Å². The van der Waals surface area contributed by atoms with Gasteiger partial charge in [0.05, 0.1) is 0 Å². The van der Waals surface area contributed by atoms with Crippen molar-refractivity contribution in [2.45, 2.75) is 19.4 Å². The zero-order valence-corrected chi connectivity index (χ0v) is 13.3. The van der Waals surface area contributed by atoms with Crippen LogP contribution in [0.2, 0.25) is 0 Å². The average Bonchev–Trinajstić information content (AvgIpc) is 2.47. The standard InChI is InChI=1S/C14H12FIN2O3/c1-2-12(10-8-9(15)5-6-11(10)16)21-13-4-3-7-17-14(13)18(19)20/h3-8,12H,2H2,1H3/t12-/m0/s1. The van der Waals surface area contributed by atoms with Crippen LogP contribution >= 0.6 is 22.6 Å². The van der Waals surface area contributed by atoms with Crippen molar-refractivity contribution in [1.29, 1.82) is 0 Å². The smallest absolute Gasteiger partial charge is 0.406 e. The summed E-state index contributed by atoms with van der Waals surface area (Å²) in [4.78, 5) is 14.1. The summed E-state index contributed by atoms with van der Waals surface area (Å²) in [6, 6.07) is 7.45. The minimum Gasteiger partial charge on any atom is -0.477 e. The third-order valence-electron chi connectivity index (χ3n) is 2.87. The third-order valence-corrected chi connectivity index (χ3v) is 3.85. The summed E-state index contributed by atoms with van der Waals surface area (Å²) >= 11 is 2.08. The molecule has 0 saturated heterocycles. The summed E-state index contributed by atoms with van der Waals surface area (Å²) in [5.41, 5.74) is 0.663. The van der Waals surface area contributed by atoms with E-state index in [9.17, 15) is 14.5 Å². The predicted octanol–water partition coefficient (Wildman–Crippen LogP) is 4.26. The molecule has 2 aromatic rings. The molecule has 1 aromatic heterocycles. The second kappa shape index (κ2) is 6.79. The van der Waals surface area contributed by atoms with Gasteiger partial charge in [0, 0.05) is 9.13 Å². The van der Waals surface area contributed by atoms with Crippen molar-refractivity contribution in [3.8, 4) is 5.75 Å². The van der Waals surface area contributed by atoms with Crippen molar-refractivity contribution in [3.63, 3.8) is 0 Å². The molecule has 0 amide bonds. The van der Waals surface area contributed by atoms with Gasteiger partial charge < -0.3 is 14.9 Å². The summed E-state index contributed by atoms with van der Waals surface area (Å²) in [5, 5.41) is 11.0. The van der Waals surface area contributed by atoms with Crippen molar-refractivity contribution in [2.75, 3.05) is 0 Å². The second-order valence-electron chi connectivity index (χ2n) is 4.26. The first-order valence-electron chi connectivity index (χ1n) is 6.24. The Hall–Kier alpha value is -1.77. The molecule has 1 heterocycles. The highest BCUT2D eigenvalue weighted by Crippen LogP contribution is 2.32. The quantitative estimate of drug-likeness (QED) is 0.426. The second-order valence-corrected chi connectivity index (χ2v) is 5.43. The van der Waals surface area contributed by atoms with E-state index in [0.717, 1.165) is 3.57 Å². The molecular formula is C14H12FIN2O3. The summed E-state index contributed by atoms with van der Waals surface area (Å²) in [5.74, 6) is -0.634. The lowest BCUT2D eigenvalue weighted by atomic mass is 10.1. The summed E-state index contributed by atoms with van der Waals surface area (Å²) < 4.78 is 20.0. The monoisotopic (exact) mass is 402 g/mol. The Morgan fingerprint density at radius 1 is 1.48 bits per heavy atom. The van der Waals surface area contributed by atoms with Crippen LogP contribution in [0.5, 0.6) is 5.75 Å². The first-order chi connectivity index (χ1) is 10.0. The number of nitrogens with zero attached hydrogens (tertiary/aromatic N) is 2. The Balaban J connectivity index is 2.36. The molecule has 110 valence electrons. The fraction of sp³-hybridized carbons (Fsp3) is 0.214. The number of pyridine rings is 1. The number of ether oxygens (including phenoxy) is 1. The SMILES string of the molecule is CC[C@H](Oc1cccnc1[N+](=O)[O-])c1cc(F)ccc1I. The fourth-order valence-electron chi connectivity index (χ4n) is 1.89. The van der Waals surface area contributed by atoms with Crippen LogP contribution in [0.4, 0.5) is 10.2 Å². The minimum atomic E-state index is -0.599. The van der Waals surface area contributed by atoms with E-state index >= 15 is 0 Å².